The molecule has 0 aliphatic heterocycles. The monoisotopic (exact) mass is 910 g/mol. The number of nitriles is 1. The zero-order valence-electron chi connectivity index (χ0n) is 40.2. The Bertz CT molecular complexity index is 3360. The summed E-state index contributed by atoms with van der Waals surface area (Å²) < 4.78 is 30.5. The van der Waals surface area contributed by atoms with E-state index >= 15 is 0 Å². The molecular formula is C57H56B2N6O4. The van der Waals surface area contributed by atoms with Crippen LogP contribution in [0.15, 0.2) is 150 Å². The first-order chi connectivity index (χ1) is 33.5. The zero-order chi connectivity index (χ0) is 48.8. The molecule has 0 radical (unpaired) electrons. The Morgan fingerprint density at radius 1 is 0.681 bits per heavy atom. The van der Waals surface area contributed by atoms with Crippen LogP contribution >= 0.6 is 0 Å². The maximum atomic E-state index is 11.8. The van der Waals surface area contributed by atoms with Crippen LogP contribution in [0.25, 0.3) is 71.6 Å². The number of nitrogens with zero attached hydrogens (tertiary/aromatic N) is 6. The number of fused-ring (bicyclic) bond motifs is 3. The smallest absolute Gasteiger partial charge is 0.269 e. The number of rotatable bonds is 20. The van der Waals surface area contributed by atoms with Gasteiger partial charge in [-0.1, -0.05) is 94.5 Å². The summed E-state index contributed by atoms with van der Waals surface area (Å²) in [6, 6.07) is 31.9. The average molecular weight is 911 g/mol. The number of aromatic nitrogens is 4. The molecule has 0 spiro atoms. The number of benzene rings is 4. The molecule has 8 aromatic rings. The van der Waals surface area contributed by atoms with Crippen molar-refractivity contribution >= 4 is 57.9 Å². The van der Waals surface area contributed by atoms with Gasteiger partial charge >= 0.3 is 0 Å². The topological polar surface area (TPSA) is 109 Å². The third-order valence-corrected chi connectivity index (χ3v) is 12.0. The molecule has 4 aromatic heterocycles. The fraction of sp³-hybridized carbons (Fsp3) is 0.228. The molecule has 0 N–H and O–H groups in total. The summed E-state index contributed by atoms with van der Waals surface area (Å²) in [5.41, 5.74) is 6.79. The molecule has 4 heterocycles. The van der Waals surface area contributed by atoms with Crippen molar-refractivity contribution in [1.29, 1.82) is 5.26 Å². The minimum absolute atomic E-state index is 0.155. The highest BCUT2D eigenvalue weighted by atomic mass is 16.5. The number of ether oxygens (including phenoxy) is 2. The summed E-state index contributed by atoms with van der Waals surface area (Å²) in [6.07, 6.45) is 9.57. The van der Waals surface area contributed by atoms with Gasteiger partial charge in [0.1, 0.15) is 34.2 Å². The number of hydrogen-bond donors (Lipinski definition) is 0. The van der Waals surface area contributed by atoms with Gasteiger partial charge in [-0.25, -0.2) is 14.8 Å². The van der Waals surface area contributed by atoms with Crippen LogP contribution < -0.4 is 20.2 Å². The molecule has 10 nitrogen and oxygen atoms in total. The Kier molecular flexibility index (Phi) is 14.4. The Morgan fingerprint density at radius 2 is 1.19 bits per heavy atom. The van der Waals surface area contributed by atoms with Crippen molar-refractivity contribution < 1.29 is 18.3 Å². The first kappa shape index (κ1) is 47.5. The van der Waals surface area contributed by atoms with Crippen molar-refractivity contribution in [2.24, 2.45) is 11.8 Å². The predicted molar refractivity (Wildman–Crippen MR) is 283 cm³/mol. The lowest BCUT2D eigenvalue weighted by molar-refractivity contribution is 0.271. The molecule has 69 heavy (non-hydrogen) atoms. The van der Waals surface area contributed by atoms with E-state index in [0.717, 1.165) is 28.1 Å². The van der Waals surface area contributed by atoms with Gasteiger partial charge in [0.25, 0.3) is 19.4 Å². The van der Waals surface area contributed by atoms with Gasteiger partial charge in [-0.3, -0.25) is 0 Å². The lowest BCUT2D eigenvalue weighted by atomic mass is 9.55. The predicted octanol–water partition coefficient (Wildman–Crippen LogP) is 12.7. The van der Waals surface area contributed by atoms with Crippen LogP contribution in [-0.4, -0.2) is 45.8 Å². The first-order valence-electron chi connectivity index (χ1n) is 23.5. The van der Waals surface area contributed by atoms with E-state index in [2.05, 4.69) is 73.9 Å². The average Bonchev–Trinajstić information content (AvgIpc) is 4.12. The summed E-state index contributed by atoms with van der Waals surface area (Å²) in [4.78, 5) is 14.4. The van der Waals surface area contributed by atoms with Gasteiger partial charge in [-0.2, -0.15) is 5.26 Å². The van der Waals surface area contributed by atoms with Gasteiger partial charge in [0.05, 0.1) is 25.1 Å². The van der Waals surface area contributed by atoms with Crippen LogP contribution in [0, 0.1) is 36.7 Å². The Morgan fingerprint density at radius 3 is 1.71 bits per heavy atom. The molecule has 0 bridgehead atoms. The fourth-order valence-electron chi connectivity index (χ4n) is 9.08. The first-order valence-corrected chi connectivity index (χ1v) is 23.5. The maximum Gasteiger partial charge on any atom is 0.269 e. The van der Waals surface area contributed by atoms with Gasteiger partial charge < -0.3 is 27.3 Å². The van der Waals surface area contributed by atoms with Crippen LogP contribution in [0.3, 0.4) is 0 Å². The Labute approximate surface area is 404 Å². The van der Waals surface area contributed by atoms with E-state index in [-0.39, 0.29) is 48.6 Å². The van der Waals surface area contributed by atoms with Crippen LogP contribution in [0.4, 0.5) is 0 Å². The maximum absolute atomic E-state index is 11.8. The van der Waals surface area contributed by atoms with Gasteiger partial charge in [-0.05, 0) is 98.1 Å². The minimum Gasteiger partial charge on any atom is -0.493 e. The van der Waals surface area contributed by atoms with Crippen molar-refractivity contribution in [3.63, 3.8) is 0 Å². The number of aryl methyl sites for hydroxylation is 1. The van der Waals surface area contributed by atoms with E-state index in [1.54, 1.807) is 0 Å². The molecule has 8 rings (SSSR count). The normalized spacial score (nSPS) is 12.2. The van der Waals surface area contributed by atoms with Crippen molar-refractivity contribution in [2.45, 2.75) is 59.9 Å². The molecule has 0 unspecified atom stereocenters. The Balaban J connectivity index is 1.75. The fourth-order valence-corrected chi connectivity index (χ4v) is 9.08. The molecule has 0 aliphatic rings. The van der Waals surface area contributed by atoms with E-state index in [1.807, 2.05) is 122 Å². The van der Waals surface area contributed by atoms with Gasteiger partial charge in [0.2, 0.25) is 11.8 Å². The highest BCUT2D eigenvalue weighted by Crippen LogP contribution is 2.39. The highest BCUT2D eigenvalue weighted by Gasteiger charge is 2.35. The van der Waals surface area contributed by atoms with Crippen LogP contribution in [0.5, 0.6) is 11.5 Å². The van der Waals surface area contributed by atoms with Crippen LogP contribution in [0.1, 0.15) is 45.0 Å². The Hall–Kier alpha value is -7.95. The summed E-state index contributed by atoms with van der Waals surface area (Å²) in [5.74, 6) is 2.21. The summed E-state index contributed by atoms with van der Waals surface area (Å²) in [5, 5.41) is 14.2. The minimum atomic E-state index is -0.332. The molecule has 0 saturated carbocycles. The molecule has 0 amide bonds. The van der Waals surface area contributed by atoms with Gasteiger partial charge in [0.15, 0.2) is 11.2 Å². The number of para-hydroxylation sites is 2. The lowest BCUT2D eigenvalue weighted by Gasteiger charge is -2.22. The van der Waals surface area contributed by atoms with Crippen LogP contribution in [0.2, 0.25) is 25.3 Å². The van der Waals surface area contributed by atoms with E-state index in [9.17, 15) is 11.8 Å². The SMILES string of the molecule is [C-]#[N+]/C(c1nc2cc(C)ccc2o1)=c1\c2c(-c3cccc(OCC(C)C)c3)n(B(CC=C)CC=C)/c(=C(/C#N)c3nc4ccccc4o3)c2c(-c2cccc(OCC(C)C)c2)n1B(CC=C)CC=C. The van der Waals surface area contributed by atoms with Crippen molar-refractivity contribution in [3.8, 4) is 40.1 Å². The lowest BCUT2D eigenvalue weighted by Crippen LogP contribution is -2.37. The molecule has 0 saturated heterocycles. The van der Waals surface area contributed by atoms with Gasteiger partial charge in [0, 0.05) is 38.6 Å². The molecule has 4 aromatic carbocycles. The number of allylic oxidation sites excluding steroid dienone is 4. The largest absolute Gasteiger partial charge is 0.493 e. The molecule has 12 heteroatoms. The molecule has 0 fully saturated rings. The number of hydrogen-bond acceptors (Lipinski definition) is 7. The summed E-state index contributed by atoms with van der Waals surface area (Å²) in [7, 11) is 0. The third-order valence-electron chi connectivity index (χ3n) is 12.0. The molecule has 0 aliphatic carbocycles. The van der Waals surface area contributed by atoms with Crippen molar-refractivity contribution in [3.05, 3.63) is 181 Å². The highest BCUT2D eigenvalue weighted by molar-refractivity contribution is 6.60. The van der Waals surface area contributed by atoms with Crippen molar-refractivity contribution in [1.82, 2.24) is 18.9 Å². The quantitative estimate of drug-likeness (QED) is 0.0426. The van der Waals surface area contributed by atoms with E-state index in [4.69, 9.17) is 28.3 Å². The van der Waals surface area contributed by atoms with E-state index in [1.165, 1.54) is 0 Å². The third kappa shape index (κ3) is 9.49. The van der Waals surface area contributed by atoms with Crippen LogP contribution in [-0.2, 0) is 0 Å². The second-order valence-corrected chi connectivity index (χ2v) is 18.2. The van der Waals surface area contributed by atoms with E-state index < -0.39 is 0 Å². The van der Waals surface area contributed by atoms with E-state index in [0.29, 0.717) is 93.7 Å². The van der Waals surface area contributed by atoms with Crippen molar-refractivity contribution in [2.75, 3.05) is 13.2 Å². The summed E-state index contributed by atoms with van der Waals surface area (Å²) in [6.45, 7) is 36.9. The second-order valence-electron chi connectivity index (χ2n) is 18.2. The summed E-state index contributed by atoms with van der Waals surface area (Å²) >= 11 is 0. The molecular weight excluding hydrogens is 854 g/mol. The zero-order valence-corrected chi connectivity index (χ0v) is 40.2. The molecule has 344 valence electrons. The standard InChI is InChI=1S/C57H56B2N6O4/c1-11-27-58(28-12-2)64-53(41-20-18-22-43(33-41)67-36-38(7)8)50-49(54(64)44(34-60)56-62-45-23-15-16-24-47(45)68-56)52(40-19-17-21-42(32-40)66-35-37(5)6)65(59(29-13-3)30-14-4)55(50)51(61-10)57-63-46-31-39(9)25-26-48(46)69-57/h11-26,31-33,37-38H,1-4,27-30,35-36H2,5-9H3/b54-44-,55-51+. The molecule has 0 atom stereocenters. The number of oxazole rings is 2. The second kappa shape index (κ2) is 20.9. The van der Waals surface area contributed by atoms with Gasteiger partial charge in [-0.15, -0.1) is 26.3 Å².